The molecule has 2 aromatic heterocycles. The van der Waals surface area contributed by atoms with Crippen LogP contribution in [-0.2, 0) is 17.6 Å². The lowest BCUT2D eigenvalue weighted by Gasteiger charge is -2.07. The summed E-state index contributed by atoms with van der Waals surface area (Å²) in [7, 11) is 0. The maximum absolute atomic E-state index is 13.6. The number of hydrogen-bond donors (Lipinski definition) is 1. The average molecular weight is 370 g/mol. The van der Waals surface area contributed by atoms with Crippen LogP contribution >= 0.6 is 0 Å². The molecule has 3 rings (SSSR count). The molecule has 1 N–H and O–H groups in total. The molecule has 0 saturated carbocycles. The van der Waals surface area contributed by atoms with Gasteiger partial charge < -0.3 is 5.32 Å². The molecule has 0 spiro atoms. The van der Waals surface area contributed by atoms with Crippen molar-refractivity contribution in [1.82, 2.24) is 20.1 Å². The molecule has 2 heterocycles. The van der Waals surface area contributed by atoms with Crippen LogP contribution < -0.4 is 5.32 Å². The fourth-order valence-corrected chi connectivity index (χ4v) is 2.97. The molecule has 140 valence electrons. The molecule has 27 heavy (non-hydrogen) atoms. The Bertz CT molecular complexity index is 954. The van der Waals surface area contributed by atoms with Crippen molar-refractivity contribution in [2.24, 2.45) is 0 Å². The smallest absolute Gasteiger partial charge is 0.224 e. The van der Waals surface area contributed by atoms with Gasteiger partial charge in [-0.15, -0.1) is 0 Å². The van der Waals surface area contributed by atoms with E-state index in [1.54, 1.807) is 10.9 Å². The fraction of sp³-hybridized carbons (Fsp3) is 0.250. The summed E-state index contributed by atoms with van der Waals surface area (Å²) in [4.78, 5) is 16.3. The topological polar surface area (TPSA) is 59.8 Å². The standard InChI is InChI=1S/C20H20F2N4O/c1-13-17(14(2)26(25-13)19-5-3-4-9-23-19)8-10-24-20(27)11-15-6-7-16(21)12-18(15)22/h3-7,9,12H,8,10-11H2,1-2H3,(H,24,27). The van der Waals surface area contributed by atoms with E-state index in [1.807, 2.05) is 32.0 Å². The Morgan fingerprint density at radius 1 is 1.19 bits per heavy atom. The molecule has 0 aliphatic rings. The lowest BCUT2D eigenvalue weighted by molar-refractivity contribution is -0.120. The number of nitrogens with one attached hydrogen (secondary N) is 1. The number of nitrogens with zero attached hydrogens (tertiary/aromatic N) is 3. The lowest BCUT2D eigenvalue weighted by atomic mass is 10.1. The molecule has 0 unspecified atom stereocenters. The molecule has 0 atom stereocenters. The summed E-state index contributed by atoms with van der Waals surface area (Å²) in [5.74, 6) is -0.950. The van der Waals surface area contributed by atoms with Crippen molar-refractivity contribution in [2.75, 3.05) is 6.54 Å². The van der Waals surface area contributed by atoms with Gasteiger partial charge in [-0.1, -0.05) is 12.1 Å². The second-order valence-corrected chi connectivity index (χ2v) is 6.26. The zero-order chi connectivity index (χ0) is 19.4. The number of halogens is 2. The van der Waals surface area contributed by atoms with E-state index < -0.39 is 11.6 Å². The monoisotopic (exact) mass is 370 g/mol. The van der Waals surface area contributed by atoms with Crippen LogP contribution in [0.1, 0.15) is 22.5 Å². The molecule has 0 bridgehead atoms. The Balaban J connectivity index is 1.60. The Labute approximate surface area is 156 Å². The van der Waals surface area contributed by atoms with Gasteiger partial charge in [-0.3, -0.25) is 4.79 Å². The zero-order valence-corrected chi connectivity index (χ0v) is 15.2. The Kier molecular flexibility index (Phi) is 5.59. The van der Waals surface area contributed by atoms with Gasteiger partial charge >= 0.3 is 0 Å². The molecule has 0 aliphatic heterocycles. The average Bonchev–Trinajstić information content (AvgIpc) is 2.93. The summed E-state index contributed by atoms with van der Waals surface area (Å²) in [6, 6.07) is 8.83. The minimum atomic E-state index is -0.714. The summed E-state index contributed by atoms with van der Waals surface area (Å²) in [5.41, 5.74) is 3.04. The number of carbonyl (C=O) groups excluding carboxylic acids is 1. The van der Waals surface area contributed by atoms with Crippen molar-refractivity contribution in [2.45, 2.75) is 26.7 Å². The molecular formula is C20H20F2N4O. The van der Waals surface area contributed by atoms with Gasteiger partial charge in [-0.2, -0.15) is 5.10 Å². The number of carbonyl (C=O) groups is 1. The lowest BCUT2D eigenvalue weighted by Crippen LogP contribution is -2.27. The molecule has 1 aromatic carbocycles. The molecular weight excluding hydrogens is 350 g/mol. The Morgan fingerprint density at radius 3 is 2.70 bits per heavy atom. The Morgan fingerprint density at radius 2 is 2.00 bits per heavy atom. The van der Waals surface area contributed by atoms with Gasteiger partial charge in [0.1, 0.15) is 11.6 Å². The Hall–Kier alpha value is -3.09. The number of pyridine rings is 1. The van der Waals surface area contributed by atoms with Crippen LogP contribution in [0.15, 0.2) is 42.6 Å². The van der Waals surface area contributed by atoms with Crippen LogP contribution in [0.4, 0.5) is 8.78 Å². The second-order valence-electron chi connectivity index (χ2n) is 6.26. The normalized spacial score (nSPS) is 10.8. The summed E-state index contributed by atoms with van der Waals surface area (Å²) in [5, 5.41) is 7.30. The first kappa shape index (κ1) is 18.7. The van der Waals surface area contributed by atoms with Crippen LogP contribution in [0, 0.1) is 25.5 Å². The van der Waals surface area contributed by atoms with Crippen molar-refractivity contribution in [3.05, 3.63) is 76.7 Å². The van der Waals surface area contributed by atoms with Crippen molar-refractivity contribution in [1.29, 1.82) is 0 Å². The zero-order valence-electron chi connectivity index (χ0n) is 15.2. The number of aryl methyl sites for hydroxylation is 1. The minimum absolute atomic E-state index is 0.128. The molecule has 3 aromatic rings. The molecule has 0 fully saturated rings. The van der Waals surface area contributed by atoms with Crippen LogP contribution in [0.2, 0.25) is 0 Å². The number of hydrogen-bond acceptors (Lipinski definition) is 3. The SMILES string of the molecule is Cc1nn(-c2ccccn2)c(C)c1CCNC(=O)Cc1ccc(F)cc1F. The van der Waals surface area contributed by atoms with E-state index in [9.17, 15) is 13.6 Å². The van der Waals surface area contributed by atoms with Crippen LogP contribution in [0.25, 0.3) is 5.82 Å². The maximum atomic E-state index is 13.6. The predicted molar refractivity (Wildman–Crippen MR) is 97.6 cm³/mol. The highest BCUT2D eigenvalue weighted by molar-refractivity contribution is 5.78. The summed E-state index contributed by atoms with van der Waals surface area (Å²) >= 11 is 0. The third kappa shape index (κ3) is 4.36. The van der Waals surface area contributed by atoms with E-state index in [0.29, 0.717) is 13.0 Å². The first-order valence-electron chi connectivity index (χ1n) is 8.63. The number of rotatable bonds is 6. The van der Waals surface area contributed by atoms with Gasteiger partial charge in [0.25, 0.3) is 0 Å². The van der Waals surface area contributed by atoms with Crippen molar-refractivity contribution < 1.29 is 13.6 Å². The quantitative estimate of drug-likeness (QED) is 0.726. The first-order valence-corrected chi connectivity index (χ1v) is 8.63. The van der Waals surface area contributed by atoms with Crippen molar-refractivity contribution in [3.8, 4) is 5.82 Å². The van der Waals surface area contributed by atoms with Gasteiger partial charge in [0.05, 0.1) is 12.1 Å². The van der Waals surface area contributed by atoms with E-state index in [0.717, 1.165) is 34.9 Å². The van der Waals surface area contributed by atoms with Crippen LogP contribution in [-0.4, -0.2) is 27.2 Å². The number of amides is 1. The van der Waals surface area contributed by atoms with E-state index in [1.165, 1.54) is 6.07 Å². The number of benzene rings is 1. The first-order chi connectivity index (χ1) is 13.0. The molecule has 0 saturated heterocycles. The maximum Gasteiger partial charge on any atom is 0.224 e. The predicted octanol–water partition coefficient (Wildman–Crippen LogP) is 3.06. The van der Waals surface area contributed by atoms with Crippen molar-refractivity contribution >= 4 is 5.91 Å². The third-order valence-electron chi connectivity index (χ3n) is 4.37. The molecule has 0 aliphatic carbocycles. The highest BCUT2D eigenvalue weighted by atomic mass is 19.1. The van der Waals surface area contributed by atoms with E-state index >= 15 is 0 Å². The summed E-state index contributed by atoms with van der Waals surface area (Å²) < 4.78 is 28.3. The molecule has 7 heteroatoms. The van der Waals surface area contributed by atoms with E-state index in [4.69, 9.17) is 0 Å². The van der Waals surface area contributed by atoms with Gasteiger partial charge in [-0.05, 0) is 49.6 Å². The number of aromatic nitrogens is 3. The highest BCUT2D eigenvalue weighted by Crippen LogP contribution is 2.17. The second kappa shape index (κ2) is 8.07. The van der Waals surface area contributed by atoms with E-state index in [2.05, 4.69) is 15.4 Å². The van der Waals surface area contributed by atoms with Gasteiger partial charge in [0, 0.05) is 24.5 Å². The fourth-order valence-electron chi connectivity index (χ4n) is 2.97. The van der Waals surface area contributed by atoms with Crippen LogP contribution in [0.5, 0.6) is 0 Å². The molecule has 5 nitrogen and oxygen atoms in total. The minimum Gasteiger partial charge on any atom is -0.355 e. The summed E-state index contributed by atoms with van der Waals surface area (Å²) in [6.45, 7) is 4.27. The molecule has 0 radical (unpaired) electrons. The van der Waals surface area contributed by atoms with Crippen LogP contribution in [0.3, 0.4) is 0 Å². The van der Waals surface area contributed by atoms with Gasteiger partial charge in [0.15, 0.2) is 5.82 Å². The molecule has 1 amide bonds. The largest absolute Gasteiger partial charge is 0.355 e. The summed E-state index contributed by atoms with van der Waals surface area (Å²) in [6.07, 6.45) is 2.18. The van der Waals surface area contributed by atoms with E-state index in [-0.39, 0.29) is 17.9 Å². The van der Waals surface area contributed by atoms with Gasteiger partial charge in [-0.25, -0.2) is 18.4 Å². The van der Waals surface area contributed by atoms with Gasteiger partial charge in [0.2, 0.25) is 5.91 Å². The third-order valence-corrected chi connectivity index (χ3v) is 4.37. The van der Waals surface area contributed by atoms with Crippen molar-refractivity contribution in [3.63, 3.8) is 0 Å². The highest BCUT2D eigenvalue weighted by Gasteiger charge is 2.14.